The van der Waals surface area contributed by atoms with Gasteiger partial charge >= 0.3 is 0 Å². The number of allylic oxidation sites excluding steroid dienone is 3. The molecule has 0 heterocycles. The topological polar surface area (TPSA) is 87.0 Å². The molecule has 5 heteroatoms. The maximum atomic E-state index is 12.3. The van der Waals surface area contributed by atoms with Crippen molar-refractivity contribution in [3.05, 3.63) is 64.7 Å². The number of rotatable bonds is 6. The van der Waals surface area contributed by atoms with Crippen molar-refractivity contribution in [1.29, 1.82) is 0 Å². The number of benzene rings is 2. The highest BCUT2D eigenvalue weighted by molar-refractivity contribution is 6.08. The highest BCUT2D eigenvalue weighted by Crippen LogP contribution is 2.33. The second kappa shape index (κ2) is 8.25. The summed E-state index contributed by atoms with van der Waals surface area (Å²) in [5, 5.41) is 29.2. The zero-order valence-corrected chi connectivity index (χ0v) is 15.0. The zero-order valence-electron chi connectivity index (χ0n) is 15.0. The minimum atomic E-state index is -0.413. The molecule has 0 fully saturated rings. The van der Waals surface area contributed by atoms with Gasteiger partial charge in [0.1, 0.15) is 23.0 Å². The summed E-state index contributed by atoms with van der Waals surface area (Å²) in [6.07, 6.45) is 5.36. The molecule has 0 bridgehead atoms. The number of aromatic hydroxyl groups is 3. The summed E-state index contributed by atoms with van der Waals surface area (Å²) < 4.78 is 5.43. The van der Waals surface area contributed by atoms with Gasteiger partial charge in [0.2, 0.25) is 0 Å². The van der Waals surface area contributed by atoms with Gasteiger partial charge in [-0.1, -0.05) is 11.6 Å². The van der Waals surface area contributed by atoms with Gasteiger partial charge in [0, 0.05) is 17.2 Å². The molecule has 0 saturated heterocycles. The molecular weight excluding hydrogens is 332 g/mol. The van der Waals surface area contributed by atoms with E-state index in [0.717, 1.165) is 11.6 Å². The minimum absolute atomic E-state index is 0.0848. The normalized spacial score (nSPS) is 10.7. The summed E-state index contributed by atoms with van der Waals surface area (Å²) in [5.74, 6) is -0.210. The molecule has 2 rings (SSSR count). The van der Waals surface area contributed by atoms with Crippen LogP contribution in [0.1, 0.15) is 35.3 Å². The van der Waals surface area contributed by atoms with E-state index in [1.165, 1.54) is 25.3 Å². The van der Waals surface area contributed by atoms with E-state index in [2.05, 4.69) is 0 Å². The fourth-order valence-electron chi connectivity index (χ4n) is 2.49. The van der Waals surface area contributed by atoms with E-state index in [4.69, 9.17) is 4.74 Å². The average molecular weight is 354 g/mol. The zero-order chi connectivity index (χ0) is 19.3. The smallest absolute Gasteiger partial charge is 0.189 e. The largest absolute Gasteiger partial charge is 0.508 e. The van der Waals surface area contributed by atoms with Crippen molar-refractivity contribution < 1.29 is 24.9 Å². The Balaban J connectivity index is 2.36. The van der Waals surface area contributed by atoms with Crippen LogP contribution in [0.25, 0.3) is 6.08 Å². The predicted molar refractivity (Wildman–Crippen MR) is 101 cm³/mol. The molecule has 0 aliphatic heterocycles. The summed E-state index contributed by atoms with van der Waals surface area (Å²) in [6.45, 7) is 3.94. The standard InChI is InChI=1S/C21H22O5/c1-13(2)4-8-17-19(24)11-6-14(21(17)26-3)5-10-18(23)16-9-7-15(22)12-20(16)25/h4-7,9-12,22,24-25H,8H2,1-3H3. The third kappa shape index (κ3) is 4.45. The van der Waals surface area contributed by atoms with Crippen LogP contribution in [0.2, 0.25) is 0 Å². The monoisotopic (exact) mass is 354 g/mol. The lowest BCUT2D eigenvalue weighted by atomic mass is 10.0. The van der Waals surface area contributed by atoms with Gasteiger partial charge in [0.05, 0.1) is 12.7 Å². The molecule has 0 radical (unpaired) electrons. The number of methoxy groups -OCH3 is 1. The fourth-order valence-corrected chi connectivity index (χ4v) is 2.49. The van der Waals surface area contributed by atoms with Crippen LogP contribution in [0.4, 0.5) is 0 Å². The Hall–Kier alpha value is -3.21. The van der Waals surface area contributed by atoms with Gasteiger partial charge in [-0.05, 0) is 56.7 Å². The van der Waals surface area contributed by atoms with Crippen molar-refractivity contribution in [2.75, 3.05) is 7.11 Å². The van der Waals surface area contributed by atoms with E-state index >= 15 is 0 Å². The number of carbonyl (C=O) groups is 1. The van der Waals surface area contributed by atoms with Crippen LogP contribution in [-0.4, -0.2) is 28.2 Å². The lowest BCUT2D eigenvalue weighted by molar-refractivity contribution is 0.104. The van der Waals surface area contributed by atoms with Crippen LogP contribution < -0.4 is 4.74 Å². The lowest BCUT2D eigenvalue weighted by Gasteiger charge is -2.12. The molecule has 136 valence electrons. The third-order valence-corrected chi connectivity index (χ3v) is 3.85. The van der Waals surface area contributed by atoms with Crippen LogP contribution in [0, 0.1) is 0 Å². The quantitative estimate of drug-likeness (QED) is 0.411. The summed E-state index contributed by atoms with van der Waals surface area (Å²) in [5.41, 5.74) is 2.47. The second-order valence-corrected chi connectivity index (χ2v) is 6.07. The van der Waals surface area contributed by atoms with E-state index in [-0.39, 0.29) is 22.8 Å². The number of ether oxygens (including phenoxy) is 1. The summed E-state index contributed by atoms with van der Waals surface area (Å²) in [4.78, 5) is 12.3. The molecule has 0 aliphatic rings. The Morgan fingerprint density at radius 3 is 2.42 bits per heavy atom. The Labute approximate surface area is 152 Å². The van der Waals surface area contributed by atoms with Gasteiger partial charge in [-0.2, -0.15) is 0 Å². The molecule has 0 spiro atoms. The number of phenolic OH excluding ortho intramolecular Hbond substituents is 3. The van der Waals surface area contributed by atoms with Gasteiger partial charge in [0.15, 0.2) is 5.78 Å². The molecule has 0 unspecified atom stereocenters. The first-order valence-corrected chi connectivity index (χ1v) is 8.10. The molecule has 26 heavy (non-hydrogen) atoms. The molecule has 2 aromatic rings. The first-order valence-electron chi connectivity index (χ1n) is 8.10. The number of hydrogen-bond donors (Lipinski definition) is 3. The molecule has 2 aromatic carbocycles. The van der Waals surface area contributed by atoms with E-state index in [0.29, 0.717) is 23.3 Å². The van der Waals surface area contributed by atoms with Crippen LogP contribution in [0.5, 0.6) is 23.0 Å². The van der Waals surface area contributed by atoms with E-state index in [1.807, 2.05) is 19.9 Å². The number of carbonyl (C=O) groups excluding carboxylic acids is 1. The number of ketones is 1. The molecule has 0 amide bonds. The van der Waals surface area contributed by atoms with Crippen molar-refractivity contribution in [2.45, 2.75) is 20.3 Å². The van der Waals surface area contributed by atoms with Crippen LogP contribution in [-0.2, 0) is 6.42 Å². The highest BCUT2D eigenvalue weighted by Gasteiger charge is 2.13. The second-order valence-electron chi connectivity index (χ2n) is 6.07. The van der Waals surface area contributed by atoms with E-state index in [1.54, 1.807) is 18.2 Å². The van der Waals surface area contributed by atoms with Gasteiger partial charge in [0.25, 0.3) is 0 Å². The molecule has 0 aromatic heterocycles. The van der Waals surface area contributed by atoms with Crippen molar-refractivity contribution in [3.8, 4) is 23.0 Å². The van der Waals surface area contributed by atoms with Gasteiger partial charge in [-0.15, -0.1) is 0 Å². The van der Waals surface area contributed by atoms with Crippen molar-refractivity contribution in [3.63, 3.8) is 0 Å². The van der Waals surface area contributed by atoms with Crippen LogP contribution >= 0.6 is 0 Å². The maximum absolute atomic E-state index is 12.3. The summed E-state index contributed by atoms with van der Waals surface area (Å²) in [7, 11) is 1.51. The fraction of sp³-hybridized carbons (Fsp3) is 0.190. The van der Waals surface area contributed by atoms with Crippen LogP contribution in [0.3, 0.4) is 0 Å². The number of hydrogen-bond acceptors (Lipinski definition) is 5. The Morgan fingerprint density at radius 2 is 1.81 bits per heavy atom. The van der Waals surface area contributed by atoms with E-state index < -0.39 is 5.78 Å². The van der Waals surface area contributed by atoms with E-state index in [9.17, 15) is 20.1 Å². The molecule has 3 N–H and O–H groups in total. The Kier molecular flexibility index (Phi) is 6.07. The summed E-state index contributed by atoms with van der Waals surface area (Å²) >= 11 is 0. The van der Waals surface area contributed by atoms with Crippen LogP contribution in [0.15, 0.2) is 48.1 Å². The first-order chi connectivity index (χ1) is 12.3. The Morgan fingerprint density at radius 1 is 1.08 bits per heavy atom. The third-order valence-electron chi connectivity index (χ3n) is 3.85. The summed E-state index contributed by atoms with van der Waals surface area (Å²) in [6, 6.07) is 7.00. The van der Waals surface area contributed by atoms with Gasteiger partial charge in [-0.3, -0.25) is 4.79 Å². The maximum Gasteiger partial charge on any atom is 0.189 e. The van der Waals surface area contributed by atoms with Crippen molar-refractivity contribution in [2.24, 2.45) is 0 Å². The lowest BCUT2D eigenvalue weighted by Crippen LogP contribution is -1.97. The minimum Gasteiger partial charge on any atom is -0.508 e. The first kappa shape index (κ1) is 19.1. The SMILES string of the molecule is COc1c(C=CC(=O)c2ccc(O)cc2O)ccc(O)c1CC=C(C)C. The van der Waals surface area contributed by atoms with Gasteiger partial charge in [-0.25, -0.2) is 0 Å². The van der Waals surface area contributed by atoms with Crippen molar-refractivity contribution in [1.82, 2.24) is 0 Å². The highest BCUT2D eigenvalue weighted by atomic mass is 16.5. The molecule has 0 saturated carbocycles. The van der Waals surface area contributed by atoms with Gasteiger partial charge < -0.3 is 20.1 Å². The molecule has 0 atom stereocenters. The molecule has 5 nitrogen and oxygen atoms in total. The van der Waals surface area contributed by atoms with Crippen molar-refractivity contribution >= 4 is 11.9 Å². The predicted octanol–water partition coefficient (Wildman–Crippen LogP) is 4.22. The molecule has 0 aliphatic carbocycles. The Bertz CT molecular complexity index is 874. The average Bonchev–Trinajstić information content (AvgIpc) is 2.58. The molecular formula is C21H22O5. The number of phenols is 3.